The van der Waals surface area contributed by atoms with Crippen LogP contribution >= 0.6 is 0 Å². The number of allylic oxidation sites excluding steroid dienone is 3. The van der Waals surface area contributed by atoms with Crippen molar-refractivity contribution in [2.24, 2.45) is 0 Å². The van der Waals surface area contributed by atoms with Crippen LogP contribution in [0.1, 0.15) is 0 Å². The molecule has 0 amide bonds. The Hall–Kier alpha value is -1.12. The molecule has 0 aromatic rings. The van der Waals surface area contributed by atoms with Crippen molar-refractivity contribution in [1.29, 1.82) is 0 Å². The first kappa shape index (κ1) is 8.88. The molecule has 0 spiro atoms. The summed E-state index contributed by atoms with van der Waals surface area (Å²) in [5.41, 5.74) is 0. The molecule has 0 aromatic carbocycles. The number of rotatable bonds is 4. The third kappa shape index (κ3) is 5.03. The van der Waals surface area contributed by atoms with Crippen LogP contribution in [0.5, 0.6) is 0 Å². The molecule has 1 nitrogen and oxygen atoms in total. The van der Waals surface area contributed by atoms with Gasteiger partial charge in [0.15, 0.2) is 0 Å². The minimum absolute atomic E-state index is 0.0742. The minimum Gasteiger partial charge on any atom is -0.435 e. The molecule has 0 radical (unpaired) electrons. The van der Waals surface area contributed by atoms with Crippen LogP contribution in [0.2, 0.25) is 0 Å². The van der Waals surface area contributed by atoms with E-state index in [0.29, 0.717) is 0 Å². The molecule has 0 unspecified atom stereocenters. The molecule has 0 saturated heterocycles. The van der Waals surface area contributed by atoms with Crippen LogP contribution in [-0.2, 0) is 4.74 Å². The van der Waals surface area contributed by atoms with Gasteiger partial charge in [-0.1, -0.05) is 25.3 Å². The number of hydrogen-bond donors (Lipinski definition) is 0. The zero-order valence-electron chi connectivity index (χ0n) is 5.39. The first-order chi connectivity index (χ1) is 4.66. The van der Waals surface area contributed by atoms with E-state index in [1.165, 1.54) is 18.2 Å². The smallest absolute Gasteiger partial charge is 0.387 e. The van der Waals surface area contributed by atoms with Crippen LogP contribution in [0.3, 0.4) is 0 Å². The number of halogens is 2. The summed E-state index contributed by atoms with van der Waals surface area (Å²) in [5, 5.41) is 0. The Morgan fingerprint density at radius 2 is 2.10 bits per heavy atom. The normalized spacial score (nSPS) is 10.3. The highest BCUT2D eigenvalue weighted by Gasteiger charge is 2.00. The monoisotopic (exact) mass is 146 g/mol. The molecule has 0 N–H and O–H groups in total. The predicted molar refractivity (Wildman–Crippen MR) is 35.6 cm³/mol. The van der Waals surface area contributed by atoms with Crippen LogP contribution in [0.4, 0.5) is 8.78 Å². The van der Waals surface area contributed by atoms with E-state index >= 15 is 0 Å². The molecule has 56 valence electrons. The molecule has 0 saturated carbocycles. The quantitative estimate of drug-likeness (QED) is 0.437. The summed E-state index contributed by atoms with van der Waals surface area (Å²) in [6.07, 6.45) is 4.21. The fourth-order valence-corrected chi connectivity index (χ4v) is 0.329. The molecule has 0 aliphatic carbocycles. The van der Waals surface area contributed by atoms with E-state index < -0.39 is 6.61 Å². The minimum atomic E-state index is -2.80. The summed E-state index contributed by atoms with van der Waals surface area (Å²) >= 11 is 0. The van der Waals surface area contributed by atoms with Crippen molar-refractivity contribution < 1.29 is 13.5 Å². The third-order valence-corrected chi connectivity index (χ3v) is 0.659. The highest BCUT2D eigenvalue weighted by Crippen LogP contribution is 2.03. The van der Waals surface area contributed by atoms with Crippen molar-refractivity contribution in [2.45, 2.75) is 6.61 Å². The van der Waals surface area contributed by atoms with Gasteiger partial charge in [-0.15, -0.1) is 0 Å². The average Bonchev–Trinajstić information content (AvgIpc) is 1.82. The Balaban J connectivity index is 3.64. The standard InChI is InChI=1S/C7H8F2O/c1-3-4-5-6(2)10-7(8)9/h3-5,7H,1-2H2/b5-4-. The Labute approximate surface area is 58.3 Å². The van der Waals surface area contributed by atoms with Gasteiger partial charge < -0.3 is 4.74 Å². The summed E-state index contributed by atoms with van der Waals surface area (Å²) in [4.78, 5) is 0. The summed E-state index contributed by atoms with van der Waals surface area (Å²) in [6, 6.07) is 0. The van der Waals surface area contributed by atoms with Crippen molar-refractivity contribution in [2.75, 3.05) is 0 Å². The van der Waals surface area contributed by atoms with Crippen molar-refractivity contribution in [3.8, 4) is 0 Å². The maximum Gasteiger partial charge on any atom is 0.387 e. The van der Waals surface area contributed by atoms with Gasteiger partial charge in [0.1, 0.15) is 5.76 Å². The van der Waals surface area contributed by atoms with Crippen molar-refractivity contribution in [3.05, 3.63) is 37.1 Å². The van der Waals surface area contributed by atoms with Crippen LogP contribution in [0.15, 0.2) is 37.1 Å². The zero-order chi connectivity index (χ0) is 7.98. The molecule has 0 aromatic heterocycles. The van der Waals surface area contributed by atoms with Crippen molar-refractivity contribution in [3.63, 3.8) is 0 Å². The summed E-state index contributed by atoms with van der Waals surface area (Å²) < 4.78 is 26.6. The van der Waals surface area contributed by atoms with Crippen molar-refractivity contribution >= 4 is 0 Å². The number of alkyl halides is 2. The maximum absolute atomic E-state index is 11.4. The van der Waals surface area contributed by atoms with Crippen LogP contribution in [-0.4, -0.2) is 6.61 Å². The van der Waals surface area contributed by atoms with E-state index in [9.17, 15) is 8.78 Å². The predicted octanol–water partition coefficient (Wildman–Crippen LogP) is 2.48. The van der Waals surface area contributed by atoms with E-state index in [1.54, 1.807) is 0 Å². The first-order valence-electron chi connectivity index (χ1n) is 2.59. The second kappa shape index (κ2) is 4.73. The van der Waals surface area contributed by atoms with Gasteiger partial charge in [-0.05, 0) is 6.08 Å². The van der Waals surface area contributed by atoms with E-state index in [4.69, 9.17) is 0 Å². The van der Waals surface area contributed by atoms with Gasteiger partial charge in [0.2, 0.25) is 0 Å². The van der Waals surface area contributed by atoms with Crippen LogP contribution in [0.25, 0.3) is 0 Å². The lowest BCUT2D eigenvalue weighted by atomic mass is 10.4. The van der Waals surface area contributed by atoms with Gasteiger partial charge in [-0.2, -0.15) is 8.78 Å². The Morgan fingerprint density at radius 3 is 2.50 bits per heavy atom. The summed E-state index contributed by atoms with van der Waals surface area (Å²) in [7, 11) is 0. The molecular weight excluding hydrogens is 138 g/mol. The fraction of sp³-hybridized carbons (Fsp3) is 0.143. The van der Waals surface area contributed by atoms with E-state index in [2.05, 4.69) is 17.9 Å². The average molecular weight is 146 g/mol. The Bertz CT molecular complexity index is 150. The largest absolute Gasteiger partial charge is 0.435 e. The van der Waals surface area contributed by atoms with Crippen LogP contribution in [0, 0.1) is 0 Å². The molecule has 0 aliphatic rings. The lowest BCUT2D eigenvalue weighted by molar-refractivity contribution is -0.0915. The molecule has 10 heavy (non-hydrogen) atoms. The molecule has 3 heteroatoms. The number of hydrogen-bond acceptors (Lipinski definition) is 1. The van der Waals surface area contributed by atoms with E-state index in [-0.39, 0.29) is 5.76 Å². The first-order valence-corrected chi connectivity index (χ1v) is 2.59. The van der Waals surface area contributed by atoms with E-state index in [1.807, 2.05) is 0 Å². The van der Waals surface area contributed by atoms with E-state index in [0.717, 1.165) is 0 Å². The van der Waals surface area contributed by atoms with Gasteiger partial charge in [0.05, 0.1) is 0 Å². The molecule has 0 bridgehead atoms. The Morgan fingerprint density at radius 1 is 1.50 bits per heavy atom. The lowest BCUT2D eigenvalue weighted by Gasteiger charge is -2.00. The summed E-state index contributed by atoms with van der Waals surface area (Å²) in [6.45, 7) is 3.73. The molecule has 0 atom stereocenters. The van der Waals surface area contributed by atoms with Gasteiger partial charge in [-0.3, -0.25) is 0 Å². The second-order valence-corrected chi connectivity index (χ2v) is 1.44. The van der Waals surface area contributed by atoms with Gasteiger partial charge >= 0.3 is 6.61 Å². The highest BCUT2D eigenvalue weighted by atomic mass is 19.3. The highest BCUT2D eigenvalue weighted by molar-refractivity contribution is 5.12. The molecule has 0 fully saturated rings. The molecule has 0 rings (SSSR count). The lowest BCUT2D eigenvalue weighted by Crippen LogP contribution is -1.95. The fourth-order valence-electron chi connectivity index (χ4n) is 0.329. The van der Waals surface area contributed by atoms with Gasteiger partial charge in [0.25, 0.3) is 0 Å². The molecule has 0 aliphatic heterocycles. The summed E-state index contributed by atoms with van der Waals surface area (Å²) in [5.74, 6) is -0.0742. The Kier molecular flexibility index (Phi) is 4.20. The topological polar surface area (TPSA) is 9.23 Å². The second-order valence-electron chi connectivity index (χ2n) is 1.44. The SMILES string of the molecule is C=C/C=C\C(=C)OC(F)F. The zero-order valence-corrected chi connectivity index (χ0v) is 5.39. The number of ether oxygens (including phenoxy) is 1. The van der Waals surface area contributed by atoms with Gasteiger partial charge in [-0.25, -0.2) is 0 Å². The van der Waals surface area contributed by atoms with Gasteiger partial charge in [0, 0.05) is 0 Å². The molecular formula is C7H8F2O. The van der Waals surface area contributed by atoms with Crippen LogP contribution < -0.4 is 0 Å². The van der Waals surface area contributed by atoms with Crippen molar-refractivity contribution in [1.82, 2.24) is 0 Å². The maximum atomic E-state index is 11.4. The third-order valence-electron chi connectivity index (χ3n) is 0.659. The molecule has 0 heterocycles.